The Morgan fingerprint density at radius 3 is 2.64 bits per heavy atom. The summed E-state index contributed by atoms with van der Waals surface area (Å²) in [5.41, 5.74) is 3.58. The van der Waals surface area contributed by atoms with Gasteiger partial charge in [0, 0.05) is 12.7 Å². The van der Waals surface area contributed by atoms with Crippen LogP contribution in [0.5, 0.6) is 0 Å². The molecule has 0 fully saturated rings. The Morgan fingerprint density at radius 2 is 2.18 bits per heavy atom. The summed E-state index contributed by atoms with van der Waals surface area (Å²) in [6.07, 6.45) is 1.86. The molecule has 11 heavy (non-hydrogen) atoms. The Hall–Kier alpha value is -1.24. The van der Waals surface area contributed by atoms with Gasteiger partial charge in [-0.25, -0.2) is 0 Å². The molecule has 1 heteroatoms. The quantitative estimate of drug-likeness (QED) is 0.678. The fraction of sp³-hybridized carbons (Fsp3) is 0.200. The summed E-state index contributed by atoms with van der Waals surface area (Å²) >= 11 is 0. The average molecular weight is 147 g/mol. The molecule has 0 aliphatic heterocycles. The van der Waals surface area contributed by atoms with Gasteiger partial charge in [-0.2, -0.15) is 0 Å². The zero-order chi connectivity index (χ0) is 8.27. The normalized spacial score (nSPS) is 9.27. The van der Waals surface area contributed by atoms with Gasteiger partial charge in [-0.15, -0.1) is 0 Å². The maximum atomic E-state index is 3.74. The van der Waals surface area contributed by atoms with Crippen LogP contribution in [0.25, 0.3) is 6.08 Å². The summed E-state index contributed by atoms with van der Waals surface area (Å²) in [7, 11) is 1.93. The van der Waals surface area contributed by atoms with Gasteiger partial charge in [-0.1, -0.05) is 30.9 Å². The Kier molecular flexibility index (Phi) is 2.32. The molecule has 0 saturated carbocycles. The fourth-order valence-electron chi connectivity index (χ4n) is 1.20. The lowest BCUT2D eigenvalue weighted by Crippen LogP contribution is -1.93. The van der Waals surface area contributed by atoms with Crippen LogP contribution in [0, 0.1) is 6.92 Å². The van der Waals surface area contributed by atoms with Crippen LogP contribution in [0.3, 0.4) is 0 Å². The predicted octanol–water partition coefficient (Wildman–Crippen LogP) is 2.68. The molecule has 0 aliphatic rings. The molecule has 0 aromatic heterocycles. The van der Waals surface area contributed by atoms with Gasteiger partial charge in [0.05, 0.1) is 0 Å². The standard InChI is InChI=1S/C10H13N/c1-4-9-7-5-6-8(2)10(9)11-3/h4-7,11H,1H2,2-3H3. The van der Waals surface area contributed by atoms with Gasteiger partial charge in [-0.05, 0) is 18.1 Å². The van der Waals surface area contributed by atoms with Crippen molar-refractivity contribution in [2.75, 3.05) is 12.4 Å². The zero-order valence-corrected chi connectivity index (χ0v) is 7.02. The van der Waals surface area contributed by atoms with Crippen LogP contribution < -0.4 is 5.32 Å². The minimum Gasteiger partial charge on any atom is -0.387 e. The third-order valence-corrected chi connectivity index (χ3v) is 1.77. The first-order valence-electron chi connectivity index (χ1n) is 3.69. The van der Waals surface area contributed by atoms with Gasteiger partial charge in [0.15, 0.2) is 0 Å². The summed E-state index contributed by atoms with van der Waals surface area (Å²) in [5.74, 6) is 0. The van der Waals surface area contributed by atoms with E-state index in [-0.39, 0.29) is 0 Å². The zero-order valence-electron chi connectivity index (χ0n) is 7.02. The summed E-state index contributed by atoms with van der Waals surface area (Å²) in [4.78, 5) is 0. The van der Waals surface area contributed by atoms with Gasteiger partial charge in [0.25, 0.3) is 0 Å². The highest BCUT2D eigenvalue weighted by Crippen LogP contribution is 2.20. The lowest BCUT2D eigenvalue weighted by atomic mass is 10.1. The van der Waals surface area contributed by atoms with Crippen molar-refractivity contribution in [2.45, 2.75) is 6.92 Å². The van der Waals surface area contributed by atoms with E-state index in [1.54, 1.807) is 0 Å². The number of rotatable bonds is 2. The molecule has 0 aliphatic carbocycles. The van der Waals surface area contributed by atoms with Crippen molar-refractivity contribution in [3.8, 4) is 0 Å². The molecule has 1 N–H and O–H groups in total. The van der Waals surface area contributed by atoms with Crippen LogP contribution in [0.2, 0.25) is 0 Å². The van der Waals surface area contributed by atoms with Crippen molar-refractivity contribution in [1.82, 2.24) is 0 Å². The highest BCUT2D eigenvalue weighted by Gasteiger charge is 1.97. The van der Waals surface area contributed by atoms with Crippen LogP contribution in [0.15, 0.2) is 24.8 Å². The molecule has 1 nitrogen and oxygen atoms in total. The molecule has 0 saturated heterocycles. The van der Waals surface area contributed by atoms with E-state index in [4.69, 9.17) is 0 Å². The molecule has 1 aromatic carbocycles. The Bertz CT molecular complexity index is 264. The van der Waals surface area contributed by atoms with Crippen LogP contribution in [0.1, 0.15) is 11.1 Å². The van der Waals surface area contributed by atoms with Crippen molar-refractivity contribution in [2.24, 2.45) is 0 Å². The van der Waals surface area contributed by atoms with Crippen molar-refractivity contribution in [1.29, 1.82) is 0 Å². The third kappa shape index (κ3) is 1.43. The highest BCUT2D eigenvalue weighted by molar-refractivity contribution is 5.68. The van der Waals surface area contributed by atoms with Crippen LogP contribution in [-0.2, 0) is 0 Å². The lowest BCUT2D eigenvalue weighted by Gasteiger charge is -2.07. The Balaban J connectivity index is 3.23. The van der Waals surface area contributed by atoms with E-state index in [1.807, 2.05) is 25.3 Å². The highest BCUT2D eigenvalue weighted by atomic mass is 14.8. The molecule has 0 atom stereocenters. The van der Waals surface area contributed by atoms with Gasteiger partial charge < -0.3 is 5.32 Å². The first kappa shape index (κ1) is 7.86. The third-order valence-electron chi connectivity index (χ3n) is 1.77. The van der Waals surface area contributed by atoms with Crippen LogP contribution in [0.4, 0.5) is 5.69 Å². The Morgan fingerprint density at radius 1 is 1.45 bits per heavy atom. The molecule has 1 rings (SSSR count). The van der Waals surface area contributed by atoms with Gasteiger partial charge in [0.1, 0.15) is 0 Å². The van der Waals surface area contributed by atoms with E-state index in [2.05, 4.69) is 24.9 Å². The molecule has 58 valence electrons. The van der Waals surface area contributed by atoms with E-state index >= 15 is 0 Å². The smallest absolute Gasteiger partial charge is 0.0440 e. The first-order valence-corrected chi connectivity index (χ1v) is 3.69. The van der Waals surface area contributed by atoms with E-state index < -0.39 is 0 Å². The van der Waals surface area contributed by atoms with Crippen molar-refractivity contribution >= 4 is 11.8 Å². The lowest BCUT2D eigenvalue weighted by molar-refractivity contribution is 1.39. The van der Waals surface area contributed by atoms with Crippen molar-refractivity contribution in [3.05, 3.63) is 35.9 Å². The summed E-state index contributed by atoms with van der Waals surface area (Å²) in [6, 6.07) is 6.16. The second kappa shape index (κ2) is 3.24. The Labute approximate surface area is 67.8 Å². The molecule has 0 heterocycles. The van der Waals surface area contributed by atoms with Gasteiger partial charge in [-0.3, -0.25) is 0 Å². The SMILES string of the molecule is C=Cc1cccc(C)c1NC. The van der Waals surface area contributed by atoms with E-state index in [9.17, 15) is 0 Å². The second-order valence-corrected chi connectivity index (χ2v) is 2.49. The predicted molar refractivity (Wildman–Crippen MR) is 50.8 cm³/mol. The van der Waals surface area contributed by atoms with E-state index in [1.165, 1.54) is 11.3 Å². The minimum atomic E-state index is 1.16. The molecule has 0 amide bonds. The first-order chi connectivity index (χ1) is 5.29. The van der Waals surface area contributed by atoms with Crippen molar-refractivity contribution < 1.29 is 0 Å². The number of nitrogens with one attached hydrogen (secondary N) is 1. The fourth-order valence-corrected chi connectivity index (χ4v) is 1.20. The molecular weight excluding hydrogens is 134 g/mol. The summed E-state index contributed by atoms with van der Waals surface area (Å²) in [5, 5.41) is 3.14. The number of hydrogen-bond donors (Lipinski definition) is 1. The summed E-state index contributed by atoms with van der Waals surface area (Å²) < 4.78 is 0. The second-order valence-electron chi connectivity index (χ2n) is 2.49. The largest absolute Gasteiger partial charge is 0.387 e. The molecule has 0 unspecified atom stereocenters. The summed E-state index contributed by atoms with van der Waals surface area (Å²) in [6.45, 7) is 5.82. The number of hydrogen-bond acceptors (Lipinski definition) is 1. The topological polar surface area (TPSA) is 12.0 Å². The number of para-hydroxylation sites is 1. The van der Waals surface area contributed by atoms with Gasteiger partial charge >= 0.3 is 0 Å². The van der Waals surface area contributed by atoms with Crippen LogP contribution in [-0.4, -0.2) is 7.05 Å². The van der Waals surface area contributed by atoms with E-state index in [0.29, 0.717) is 0 Å². The molecule has 0 radical (unpaired) electrons. The average Bonchev–Trinajstić information content (AvgIpc) is 2.04. The molecular formula is C10H13N. The molecule has 0 spiro atoms. The minimum absolute atomic E-state index is 1.16. The maximum absolute atomic E-state index is 3.74. The number of aryl methyl sites for hydroxylation is 1. The maximum Gasteiger partial charge on any atom is 0.0440 e. The van der Waals surface area contributed by atoms with Crippen molar-refractivity contribution in [3.63, 3.8) is 0 Å². The molecule has 0 bridgehead atoms. The molecule has 1 aromatic rings. The monoisotopic (exact) mass is 147 g/mol. The number of benzene rings is 1. The van der Waals surface area contributed by atoms with Gasteiger partial charge in [0.2, 0.25) is 0 Å². The van der Waals surface area contributed by atoms with E-state index in [0.717, 1.165) is 5.56 Å². The van der Waals surface area contributed by atoms with Crippen LogP contribution >= 0.6 is 0 Å². The number of anilines is 1.